The first-order valence-electron chi connectivity index (χ1n) is 8.27. The van der Waals surface area contributed by atoms with Crippen molar-refractivity contribution < 1.29 is 14.7 Å². The summed E-state index contributed by atoms with van der Waals surface area (Å²) in [6.45, 7) is 5.01. The highest BCUT2D eigenvalue weighted by atomic mass is 16.4. The predicted octanol–water partition coefficient (Wildman–Crippen LogP) is 2.99. The summed E-state index contributed by atoms with van der Waals surface area (Å²) in [5, 5.41) is 12.4. The Morgan fingerprint density at radius 3 is 2.33 bits per heavy atom. The number of urea groups is 1. The minimum Gasteiger partial charge on any atom is -0.480 e. The van der Waals surface area contributed by atoms with Crippen LogP contribution in [0.25, 0.3) is 0 Å². The number of carbonyl (C=O) groups excluding carboxylic acids is 1. The molecule has 0 bridgehead atoms. The lowest BCUT2D eigenvalue weighted by Gasteiger charge is -2.36. The molecule has 0 aromatic rings. The van der Waals surface area contributed by atoms with Crippen LogP contribution < -0.4 is 5.32 Å². The predicted molar refractivity (Wildman–Crippen MR) is 81.2 cm³/mol. The van der Waals surface area contributed by atoms with Crippen molar-refractivity contribution in [2.24, 2.45) is 5.92 Å². The number of carbonyl (C=O) groups is 2. The zero-order chi connectivity index (χ0) is 15.5. The number of nitrogens with one attached hydrogen (secondary N) is 1. The smallest absolute Gasteiger partial charge is 0.329 e. The topological polar surface area (TPSA) is 69.6 Å². The van der Waals surface area contributed by atoms with E-state index < -0.39 is 11.5 Å². The second-order valence-corrected chi connectivity index (χ2v) is 6.99. The van der Waals surface area contributed by atoms with Crippen molar-refractivity contribution >= 4 is 12.0 Å². The normalized spacial score (nSPS) is 21.1. The van der Waals surface area contributed by atoms with Crippen LogP contribution in [-0.2, 0) is 4.79 Å². The summed E-state index contributed by atoms with van der Waals surface area (Å²) < 4.78 is 0. The molecular weight excluding hydrogens is 268 g/mol. The van der Waals surface area contributed by atoms with Crippen molar-refractivity contribution in [2.75, 3.05) is 6.54 Å². The molecule has 2 fully saturated rings. The quantitative estimate of drug-likeness (QED) is 0.791. The summed E-state index contributed by atoms with van der Waals surface area (Å²) in [6, 6.07) is 0.139. The van der Waals surface area contributed by atoms with Gasteiger partial charge in [0.25, 0.3) is 0 Å². The van der Waals surface area contributed by atoms with E-state index in [1.165, 1.54) is 0 Å². The van der Waals surface area contributed by atoms with Crippen molar-refractivity contribution in [2.45, 2.75) is 76.8 Å². The van der Waals surface area contributed by atoms with Gasteiger partial charge in [-0.2, -0.15) is 0 Å². The van der Waals surface area contributed by atoms with Crippen molar-refractivity contribution in [3.8, 4) is 0 Å². The minimum atomic E-state index is -1.04. The zero-order valence-electron chi connectivity index (χ0n) is 13.2. The molecule has 0 atom stereocenters. The molecule has 0 radical (unpaired) electrons. The van der Waals surface area contributed by atoms with Crippen LogP contribution >= 0.6 is 0 Å². The standard InChI is InChI=1S/C16H28N2O3/c1-12(2)8-11-18(13-6-7-13)15(21)17-16(14(19)20)9-4-3-5-10-16/h12-13H,3-11H2,1-2H3,(H,17,21)(H,19,20). The number of hydrogen-bond donors (Lipinski definition) is 2. The average molecular weight is 296 g/mol. The number of rotatable bonds is 6. The maximum absolute atomic E-state index is 12.6. The molecule has 2 rings (SSSR count). The van der Waals surface area contributed by atoms with Crippen LogP contribution in [0.1, 0.15) is 65.2 Å². The third-order valence-corrected chi connectivity index (χ3v) is 4.66. The number of hydrogen-bond acceptors (Lipinski definition) is 2. The van der Waals surface area contributed by atoms with Gasteiger partial charge in [0.05, 0.1) is 0 Å². The van der Waals surface area contributed by atoms with Crippen molar-refractivity contribution in [3.63, 3.8) is 0 Å². The molecule has 2 saturated carbocycles. The first-order chi connectivity index (χ1) is 9.94. The zero-order valence-corrected chi connectivity index (χ0v) is 13.2. The lowest BCUT2D eigenvalue weighted by molar-refractivity contribution is -0.146. The molecule has 0 aromatic carbocycles. The van der Waals surface area contributed by atoms with E-state index in [9.17, 15) is 14.7 Å². The second-order valence-electron chi connectivity index (χ2n) is 6.99. The highest BCUT2D eigenvalue weighted by Crippen LogP contribution is 2.31. The van der Waals surface area contributed by atoms with Crippen LogP contribution in [0.3, 0.4) is 0 Å². The van der Waals surface area contributed by atoms with Crippen LogP contribution in [0.4, 0.5) is 4.79 Å². The highest BCUT2D eigenvalue weighted by molar-refractivity contribution is 5.86. The number of carboxylic acids is 1. The maximum Gasteiger partial charge on any atom is 0.329 e. The van der Waals surface area contributed by atoms with Crippen LogP contribution in [0, 0.1) is 5.92 Å². The monoisotopic (exact) mass is 296 g/mol. The summed E-state index contributed by atoms with van der Waals surface area (Å²) in [5.74, 6) is -0.336. The molecule has 2 aliphatic rings. The van der Waals surface area contributed by atoms with E-state index in [0.717, 1.165) is 45.1 Å². The van der Waals surface area contributed by atoms with Gasteiger partial charge in [0.2, 0.25) is 0 Å². The number of nitrogens with zero attached hydrogens (tertiary/aromatic N) is 1. The highest BCUT2D eigenvalue weighted by Gasteiger charge is 2.43. The Hall–Kier alpha value is -1.26. The van der Waals surface area contributed by atoms with Gasteiger partial charge in [0, 0.05) is 12.6 Å². The van der Waals surface area contributed by atoms with E-state index in [1.807, 2.05) is 4.90 Å². The molecule has 0 aliphatic heterocycles. The third kappa shape index (κ3) is 4.11. The van der Waals surface area contributed by atoms with E-state index in [4.69, 9.17) is 0 Å². The summed E-state index contributed by atoms with van der Waals surface area (Å²) in [5.41, 5.74) is -1.04. The van der Waals surface area contributed by atoms with Gasteiger partial charge in [0.1, 0.15) is 5.54 Å². The van der Waals surface area contributed by atoms with Crippen LogP contribution in [0.2, 0.25) is 0 Å². The van der Waals surface area contributed by atoms with Gasteiger partial charge in [-0.25, -0.2) is 9.59 Å². The molecule has 5 nitrogen and oxygen atoms in total. The van der Waals surface area contributed by atoms with E-state index in [1.54, 1.807) is 0 Å². The van der Waals surface area contributed by atoms with Crippen LogP contribution in [-0.4, -0.2) is 40.1 Å². The Kier molecular flexibility index (Phi) is 5.12. The van der Waals surface area contributed by atoms with Crippen molar-refractivity contribution in [3.05, 3.63) is 0 Å². The number of aliphatic carboxylic acids is 1. The molecule has 21 heavy (non-hydrogen) atoms. The van der Waals surface area contributed by atoms with Crippen LogP contribution in [0.15, 0.2) is 0 Å². The fourth-order valence-corrected chi connectivity index (χ4v) is 3.06. The summed E-state index contributed by atoms with van der Waals surface area (Å²) >= 11 is 0. The van der Waals surface area contributed by atoms with E-state index in [2.05, 4.69) is 19.2 Å². The lowest BCUT2D eigenvalue weighted by Crippen LogP contribution is -2.59. The van der Waals surface area contributed by atoms with Crippen molar-refractivity contribution in [1.82, 2.24) is 10.2 Å². The first-order valence-corrected chi connectivity index (χ1v) is 8.27. The summed E-state index contributed by atoms with van der Waals surface area (Å²) in [7, 11) is 0. The van der Waals surface area contributed by atoms with E-state index >= 15 is 0 Å². The van der Waals surface area contributed by atoms with Crippen LogP contribution in [0.5, 0.6) is 0 Å². The van der Waals surface area contributed by atoms with Gasteiger partial charge >= 0.3 is 12.0 Å². The third-order valence-electron chi connectivity index (χ3n) is 4.66. The second kappa shape index (κ2) is 6.67. The Balaban J connectivity index is 2.00. The molecule has 2 aliphatic carbocycles. The molecule has 0 heterocycles. The van der Waals surface area contributed by atoms with Crippen molar-refractivity contribution in [1.29, 1.82) is 0 Å². The SMILES string of the molecule is CC(C)CCN(C(=O)NC1(C(=O)O)CCCCC1)C1CC1. The molecule has 2 amide bonds. The summed E-state index contributed by atoms with van der Waals surface area (Å²) in [4.78, 5) is 26.1. The Labute approximate surface area is 127 Å². The maximum atomic E-state index is 12.6. The fourth-order valence-electron chi connectivity index (χ4n) is 3.06. The van der Waals surface area contributed by atoms with Gasteiger partial charge < -0.3 is 15.3 Å². The molecule has 120 valence electrons. The number of amides is 2. The summed E-state index contributed by atoms with van der Waals surface area (Å²) in [6.07, 6.45) is 6.98. The Morgan fingerprint density at radius 2 is 1.86 bits per heavy atom. The van der Waals surface area contributed by atoms with Gasteiger partial charge in [-0.3, -0.25) is 0 Å². The molecule has 0 unspecified atom stereocenters. The first kappa shape index (κ1) is 16.1. The van der Waals surface area contributed by atoms with Gasteiger partial charge in [-0.1, -0.05) is 33.1 Å². The average Bonchev–Trinajstić information content (AvgIpc) is 3.24. The fraction of sp³-hybridized carbons (Fsp3) is 0.875. The van der Waals surface area contributed by atoms with E-state index in [-0.39, 0.29) is 6.03 Å². The van der Waals surface area contributed by atoms with Gasteiger partial charge in [-0.05, 0) is 38.0 Å². The molecule has 2 N–H and O–H groups in total. The molecule has 0 saturated heterocycles. The lowest BCUT2D eigenvalue weighted by atomic mass is 9.82. The van der Waals surface area contributed by atoms with Gasteiger partial charge in [-0.15, -0.1) is 0 Å². The minimum absolute atomic E-state index is 0.178. The van der Waals surface area contributed by atoms with E-state index in [0.29, 0.717) is 24.8 Å². The molecule has 0 spiro atoms. The molecule has 5 heteroatoms. The Morgan fingerprint density at radius 1 is 1.24 bits per heavy atom. The largest absolute Gasteiger partial charge is 0.480 e. The Bertz CT molecular complexity index is 385. The van der Waals surface area contributed by atoms with Gasteiger partial charge in [0.15, 0.2) is 0 Å². The number of carboxylic acid groups (broad SMARTS) is 1. The molecular formula is C16H28N2O3. The molecule has 0 aromatic heterocycles.